The Hall–Kier alpha value is -0.680. The van der Waals surface area contributed by atoms with Gasteiger partial charge in [0.25, 0.3) is 0 Å². The fourth-order valence-electron chi connectivity index (χ4n) is 2.36. The smallest absolute Gasteiger partial charge is 0.0488 e. The fourth-order valence-corrected chi connectivity index (χ4v) is 4.49. The minimum absolute atomic E-state index is 0.0207. The lowest BCUT2D eigenvalue weighted by atomic mass is 9.99. The molecule has 0 aliphatic heterocycles. The van der Waals surface area contributed by atoms with E-state index in [2.05, 4.69) is 73.6 Å². The third-order valence-electron chi connectivity index (χ3n) is 3.33. The third kappa shape index (κ3) is 2.84. The maximum absolute atomic E-state index is 6.41. The molecule has 20 heavy (non-hydrogen) atoms. The van der Waals surface area contributed by atoms with Crippen molar-refractivity contribution >= 4 is 53.3 Å². The lowest BCUT2D eigenvalue weighted by molar-refractivity contribution is 0.730. The van der Waals surface area contributed by atoms with Gasteiger partial charge in [-0.05, 0) is 62.4 Å². The molecule has 0 saturated carbocycles. The van der Waals surface area contributed by atoms with E-state index in [1.807, 2.05) is 6.07 Å². The van der Waals surface area contributed by atoms with Crippen molar-refractivity contribution in [3.8, 4) is 0 Å². The number of rotatable bonds is 3. The number of hydrogen-bond acceptors (Lipinski definition) is 2. The lowest BCUT2D eigenvalue weighted by Gasteiger charge is -2.11. The Bertz CT molecular complexity index is 751. The van der Waals surface area contributed by atoms with Crippen molar-refractivity contribution in [1.29, 1.82) is 0 Å². The van der Waals surface area contributed by atoms with Gasteiger partial charge >= 0.3 is 0 Å². The minimum atomic E-state index is 0.0207. The molecule has 1 atom stereocenters. The summed E-state index contributed by atoms with van der Waals surface area (Å²) in [4.78, 5) is 0. The zero-order valence-corrected chi connectivity index (χ0v) is 14.6. The summed E-state index contributed by atoms with van der Waals surface area (Å²) < 4.78 is 3.51. The van der Waals surface area contributed by atoms with Crippen LogP contribution in [0.15, 0.2) is 56.8 Å². The molecule has 1 nitrogen and oxygen atoms in total. The van der Waals surface area contributed by atoms with Gasteiger partial charge in [0, 0.05) is 19.7 Å². The monoisotopic (exact) mass is 409 g/mol. The highest BCUT2D eigenvalue weighted by Crippen LogP contribution is 2.35. The Labute approximate surface area is 139 Å². The minimum Gasteiger partial charge on any atom is -0.324 e. The van der Waals surface area contributed by atoms with Gasteiger partial charge in [0.05, 0.1) is 0 Å². The quantitative estimate of drug-likeness (QED) is 0.591. The van der Waals surface area contributed by atoms with E-state index in [4.69, 9.17) is 5.73 Å². The second-order valence-corrected chi connectivity index (χ2v) is 7.40. The van der Waals surface area contributed by atoms with E-state index in [0.717, 1.165) is 15.4 Å². The molecule has 0 amide bonds. The molecule has 0 radical (unpaired) electrons. The lowest BCUT2D eigenvalue weighted by Crippen LogP contribution is -2.12. The number of thiophene rings is 1. The molecular formula is C16H13Br2NS. The number of benzene rings is 2. The average Bonchev–Trinajstić information content (AvgIpc) is 2.84. The number of nitrogens with two attached hydrogens (primary N) is 1. The molecule has 0 saturated heterocycles. The summed E-state index contributed by atoms with van der Waals surface area (Å²) in [7, 11) is 0. The number of fused-ring (bicyclic) bond motifs is 1. The highest BCUT2D eigenvalue weighted by atomic mass is 79.9. The summed E-state index contributed by atoms with van der Waals surface area (Å²) >= 11 is 8.85. The molecule has 4 heteroatoms. The number of halogens is 2. The molecule has 3 rings (SSSR count). The summed E-state index contributed by atoms with van der Waals surface area (Å²) in [6.07, 6.45) is 0.845. The molecule has 1 aromatic heterocycles. The standard InChI is InChI=1S/C16H13Br2NS/c17-11-4-1-3-10(7-11)8-15(19)13-9-20-16-12(13)5-2-6-14(16)18/h1-7,9,15H,8,19H2. The molecule has 0 bridgehead atoms. The van der Waals surface area contributed by atoms with Crippen LogP contribution in [0.1, 0.15) is 17.2 Å². The van der Waals surface area contributed by atoms with E-state index in [9.17, 15) is 0 Å². The first-order valence-electron chi connectivity index (χ1n) is 6.31. The maximum atomic E-state index is 6.41. The van der Waals surface area contributed by atoms with Crippen LogP contribution in [-0.2, 0) is 6.42 Å². The first-order chi connectivity index (χ1) is 9.65. The Morgan fingerprint density at radius 2 is 1.90 bits per heavy atom. The summed E-state index contributed by atoms with van der Waals surface area (Å²) in [5, 5.41) is 3.44. The van der Waals surface area contributed by atoms with Crippen LogP contribution in [0.5, 0.6) is 0 Å². The van der Waals surface area contributed by atoms with Gasteiger partial charge in [0.1, 0.15) is 0 Å². The molecule has 0 aliphatic rings. The van der Waals surface area contributed by atoms with E-state index in [1.54, 1.807) is 11.3 Å². The molecule has 1 unspecified atom stereocenters. The average molecular weight is 411 g/mol. The van der Waals surface area contributed by atoms with E-state index in [0.29, 0.717) is 0 Å². The van der Waals surface area contributed by atoms with Crippen LogP contribution in [0.3, 0.4) is 0 Å². The molecule has 3 aromatic rings. The van der Waals surface area contributed by atoms with Crippen LogP contribution in [0.4, 0.5) is 0 Å². The summed E-state index contributed by atoms with van der Waals surface area (Å²) in [5.74, 6) is 0. The summed E-state index contributed by atoms with van der Waals surface area (Å²) in [6, 6.07) is 14.6. The molecule has 2 aromatic carbocycles. The van der Waals surface area contributed by atoms with Crippen molar-refractivity contribution in [3.63, 3.8) is 0 Å². The van der Waals surface area contributed by atoms with Gasteiger partial charge in [-0.3, -0.25) is 0 Å². The maximum Gasteiger partial charge on any atom is 0.0488 e. The fraction of sp³-hybridized carbons (Fsp3) is 0.125. The zero-order valence-electron chi connectivity index (χ0n) is 10.6. The van der Waals surface area contributed by atoms with Crippen LogP contribution in [-0.4, -0.2) is 0 Å². The van der Waals surface area contributed by atoms with E-state index in [1.165, 1.54) is 21.2 Å². The molecule has 2 N–H and O–H groups in total. The van der Waals surface area contributed by atoms with Crippen LogP contribution >= 0.6 is 43.2 Å². The zero-order chi connectivity index (χ0) is 14.1. The molecule has 0 aliphatic carbocycles. The summed E-state index contributed by atoms with van der Waals surface area (Å²) in [5.41, 5.74) is 8.89. The molecular weight excluding hydrogens is 398 g/mol. The van der Waals surface area contributed by atoms with Gasteiger partial charge in [-0.1, -0.05) is 40.2 Å². The van der Waals surface area contributed by atoms with Crippen molar-refractivity contribution in [2.24, 2.45) is 5.73 Å². The van der Waals surface area contributed by atoms with E-state index < -0.39 is 0 Å². The van der Waals surface area contributed by atoms with Crippen molar-refractivity contribution in [1.82, 2.24) is 0 Å². The molecule has 1 heterocycles. The Kier molecular flexibility index (Phi) is 4.26. The first-order valence-corrected chi connectivity index (χ1v) is 8.77. The van der Waals surface area contributed by atoms with Gasteiger partial charge in [0.15, 0.2) is 0 Å². The van der Waals surface area contributed by atoms with Crippen LogP contribution in [0.2, 0.25) is 0 Å². The second kappa shape index (κ2) is 5.98. The number of hydrogen-bond donors (Lipinski definition) is 1. The van der Waals surface area contributed by atoms with Crippen molar-refractivity contribution in [2.45, 2.75) is 12.5 Å². The van der Waals surface area contributed by atoms with E-state index >= 15 is 0 Å². The van der Waals surface area contributed by atoms with E-state index in [-0.39, 0.29) is 6.04 Å². The predicted molar refractivity (Wildman–Crippen MR) is 94.3 cm³/mol. The predicted octanol–water partition coefficient (Wildman–Crippen LogP) is 5.67. The third-order valence-corrected chi connectivity index (χ3v) is 5.79. The van der Waals surface area contributed by atoms with Crippen LogP contribution in [0, 0.1) is 0 Å². The second-order valence-electron chi connectivity index (χ2n) is 4.75. The Morgan fingerprint density at radius 3 is 2.70 bits per heavy atom. The molecule has 102 valence electrons. The van der Waals surface area contributed by atoms with Crippen molar-refractivity contribution in [2.75, 3.05) is 0 Å². The SMILES string of the molecule is NC(Cc1cccc(Br)c1)c1csc2c(Br)cccc12. The van der Waals surface area contributed by atoms with Gasteiger partial charge in [-0.15, -0.1) is 11.3 Å². The van der Waals surface area contributed by atoms with Gasteiger partial charge in [0.2, 0.25) is 0 Å². The van der Waals surface area contributed by atoms with Crippen molar-refractivity contribution < 1.29 is 0 Å². The van der Waals surface area contributed by atoms with Gasteiger partial charge in [-0.2, -0.15) is 0 Å². The first kappa shape index (κ1) is 14.3. The molecule has 0 spiro atoms. The normalized spacial score (nSPS) is 12.8. The van der Waals surface area contributed by atoms with Crippen LogP contribution < -0.4 is 5.73 Å². The Morgan fingerprint density at radius 1 is 1.10 bits per heavy atom. The highest BCUT2D eigenvalue weighted by molar-refractivity contribution is 9.11. The van der Waals surface area contributed by atoms with Crippen LogP contribution in [0.25, 0.3) is 10.1 Å². The van der Waals surface area contributed by atoms with Crippen molar-refractivity contribution in [3.05, 3.63) is 67.9 Å². The summed E-state index contributed by atoms with van der Waals surface area (Å²) in [6.45, 7) is 0. The highest BCUT2D eigenvalue weighted by Gasteiger charge is 2.13. The Balaban J connectivity index is 1.93. The molecule has 0 fully saturated rings. The topological polar surface area (TPSA) is 26.0 Å². The largest absolute Gasteiger partial charge is 0.324 e. The van der Waals surface area contributed by atoms with Gasteiger partial charge < -0.3 is 5.73 Å². The van der Waals surface area contributed by atoms with Gasteiger partial charge in [-0.25, -0.2) is 0 Å².